The number of nitrogens with one attached hydrogen (secondary N) is 1. The average molecular weight is 228 g/mol. The van der Waals surface area contributed by atoms with Gasteiger partial charge in [0.1, 0.15) is 0 Å². The summed E-state index contributed by atoms with van der Waals surface area (Å²) in [6, 6.07) is 0. The van der Waals surface area contributed by atoms with Crippen molar-refractivity contribution in [1.29, 1.82) is 0 Å². The molecule has 0 amide bonds. The smallest absolute Gasteiger partial charge is 0.0591 e. The van der Waals surface area contributed by atoms with Crippen LogP contribution in [0.5, 0.6) is 0 Å². The Balaban J connectivity index is 1.74. The maximum Gasteiger partial charge on any atom is 0.0591 e. The van der Waals surface area contributed by atoms with E-state index in [1.807, 2.05) is 0 Å². The largest absolute Gasteiger partial charge is 0.380 e. The highest BCUT2D eigenvalue weighted by molar-refractivity contribution is 4.66. The van der Waals surface area contributed by atoms with Crippen LogP contribution >= 0.6 is 0 Å². The number of nitrogens with zero attached hydrogens (tertiary/aromatic N) is 1. The van der Waals surface area contributed by atoms with E-state index in [0.29, 0.717) is 5.92 Å². The third-order valence-corrected chi connectivity index (χ3v) is 2.90. The van der Waals surface area contributed by atoms with Crippen molar-refractivity contribution in [1.82, 2.24) is 10.2 Å². The number of hydrogen-bond acceptors (Lipinski definition) is 3. The van der Waals surface area contributed by atoms with Crippen LogP contribution in [0.15, 0.2) is 0 Å². The Bertz CT molecular complexity index is 156. The van der Waals surface area contributed by atoms with Gasteiger partial charge in [-0.25, -0.2) is 0 Å². The number of hydrogen-bond donors (Lipinski definition) is 1. The van der Waals surface area contributed by atoms with Crippen LogP contribution < -0.4 is 5.32 Å². The molecule has 0 aliphatic carbocycles. The van der Waals surface area contributed by atoms with E-state index in [-0.39, 0.29) is 0 Å². The molecule has 16 heavy (non-hydrogen) atoms. The van der Waals surface area contributed by atoms with Crippen LogP contribution in [-0.4, -0.2) is 50.8 Å². The maximum atomic E-state index is 5.50. The molecule has 0 spiro atoms. The first-order valence-electron chi connectivity index (χ1n) is 6.80. The van der Waals surface area contributed by atoms with Crippen LogP contribution in [0.3, 0.4) is 0 Å². The standard InChI is InChI=1S/C13H28N2O/c1-13(2)12-16-11-7-14-6-5-10-15-8-3-4-9-15/h13-14H,3-12H2,1-2H3. The molecule has 1 N–H and O–H groups in total. The fraction of sp³-hybridized carbons (Fsp3) is 1.00. The van der Waals surface area contributed by atoms with Gasteiger partial charge in [-0.1, -0.05) is 13.8 Å². The van der Waals surface area contributed by atoms with Gasteiger partial charge in [0.15, 0.2) is 0 Å². The Kier molecular flexibility index (Phi) is 7.81. The molecule has 0 radical (unpaired) electrons. The van der Waals surface area contributed by atoms with Crippen LogP contribution in [-0.2, 0) is 4.74 Å². The molecule has 0 aromatic carbocycles. The van der Waals surface area contributed by atoms with Crippen molar-refractivity contribution in [3.63, 3.8) is 0 Å². The first-order valence-corrected chi connectivity index (χ1v) is 6.80. The van der Waals surface area contributed by atoms with Gasteiger partial charge in [-0.3, -0.25) is 0 Å². The van der Waals surface area contributed by atoms with Gasteiger partial charge in [0.25, 0.3) is 0 Å². The van der Waals surface area contributed by atoms with Crippen molar-refractivity contribution < 1.29 is 4.74 Å². The first kappa shape index (κ1) is 13.9. The molecular weight excluding hydrogens is 200 g/mol. The molecule has 1 rings (SSSR count). The minimum absolute atomic E-state index is 0.648. The second-order valence-electron chi connectivity index (χ2n) is 5.12. The van der Waals surface area contributed by atoms with E-state index in [1.165, 1.54) is 38.9 Å². The minimum atomic E-state index is 0.648. The average Bonchev–Trinajstić information content (AvgIpc) is 2.74. The second-order valence-corrected chi connectivity index (χ2v) is 5.12. The summed E-state index contributed by atoms with van der Waals surface area (Å²) >= 11 is 0. The van der Waals surface area contributed by atoms with Crippen LogP contribution in [0, 0.1) is 5.92 Å². The highest BCUT2D eigenvalue weighted by Crippen LogP contribution is 2.06. The van der Waals surface area contributed by atoms with Gasteiger partial charge in [-0.05, 0) is 51.4 Å². The lowest BCUT2D eigenvalue weighted by atomic mass is 10.2. The highest BCUT2D eigenvalue weighted by atomic mass is 16.5. The van der Waals surface area contributed by atoms with Gasteiger partial charge in [-0.15, -0.1) is 0 Å². The van der Waals surface area contributed by atoms with Gasteiger partial charge in [0.05, 0.1) is 6.61 Å². The fourth-order valence-corrected chi connectivity index (χ4v) is 2.02. The SMILES string of the molecule is CC(C)COCCNCCCN1CCCC1. The topological polar surface area (TPSA) is 24.5 Å². The third-order valence-electron chi connectivity index (χ3n) is 2.90. The Hall–Kier alpha value is -0.120. The van der Waals surface area contributed by atoms with E-state index in [2.05, 4.69) is 24.1 Å². The third kappa shape index (κ3) is 7.20. The van der Waals surface area contributed by atoms with Crippen molar-refractivity contribution in [3.8, 4) is 0 Å². The zero-order valence-electron chi connectivity index (χ0n) is 11.0. The molecule has 1 aliphatic rings. The van der Waals surface area contributed by atoms with Gasteiger partial charge in [0.2, 0.25) is 0 Å². The predicted molar refractivity (Wildman–Crippen MR) is 68.8 cm³/mol. The predicted octanol–water partition coefficient (Wildman–Crippen LogP) is 1.73. The molecule has 3 heteroatoms. The summed E-state index contributed by atoms with van der Waals surface area (Å²) in [7, 11) is 0. The zero-order chi connectivity index (χ0) is 11.6. The molecule has 0 aromatic heterocycles. The Labute approximate surface area is 101 Å². The highest BCUT2D eigenvalue weighted by Gasteiger charge is 2.09. The molecule has 0 aromatic rings. The second kappa shape index (κ2) is 8.97. The van der Waals surface area contributed by atoms with E-state index in [9.17, 15) is 0 Å². The lowest BCUT2D eigenvalue weighted by Gasteiger charge is -2.14. The van der Waals surface area contributed by atoms with Gasteiger partial charge < -0.3 is 15.0 Å². The fourth-order valence-electron chi connectivity index (χ4n) is 2.02. The Morgan fingerprint density at radius 1 is 1.19 bits per heavy atom. The summed E-state index contributed by atoms with van der Waals surface area (Å²) in [4.78, 5) is 2.57. The van der Waals surface area contributed by atoms with E-state index < -0.39 is 0 Å². The molecule has 0 saturated carbocycles. The van der Waals surface area contributed by atoms with E-state index in [4.69, 9.17) is 4.74 Å². The lowest BCUT2D eigenvalue weighted by Crippen LogP contribution is -2.26. The van der Waals surface area contributed by atoms with Gasteiger partial charge in [0, 0.05) is 13.2 Å². The molecule has 0 bridgehead atoms. The quantitative estimate of drug-likeness (QED) is 0.608. The maximum absolute atomic E-state index is 5.50. The summed E-state index contributed by atoms with van der Waals surface area (Å²) in [6.45, 7) is 12.1. The Morgan fingerprint density at radius 2 is 1.94 bits per heavy atom. The summed E-state index contributed by atoms with van der Waals surface area (Å²) in [5, 5.41) is 3.43. The summed E-state index contributed by atoms with van der Waals surface area (Å²) in [6.07, 6.45) is 4.07. The molecule has 1 fully saturated rings. The van der Waals surface area contributed by atoms with E-state index >= 15 is 0 Å². The molecule has 96 valence electrons. The minimum Gasteiger partial charge on any atom is -0.380 e. The van der Waals surface area contributed by atoms with Crippen molar-refractivity contribution in [2.24, 2.45) is 5.92 Å². The van der Waals surface area contributed by atoms with Gasteiger partial charge in [-0.2, -0.15) is 0 Å². The van der Waals surface area contributed by atoms with E-state index in [0.717, 1.165) is 26.3 Å². The monoisotopic (exact) mass is 228 g/mol. The van der Waals surface area contributed by atoms with Gasteiger partial charge >= 0.3 is 0 Å². The number of likely N-dealkylation sites (tertiary alicyclic amines) is 1. The molecule has 0 unspecified atom stereocenters. The summed E-state index contributed by atoms with van der Waals surface area (Å²) in [5.74, 6) is 0.648. The summed E-state index contributed by atoms with van der Waals surface area (Å²) in [5.41, 5.74) is 0. The van der Waals surface area contributed by atoms with Crippen LogP contribution in [0.1, 0.15) is 33.1 Å². The first-order chi connectivity index (χ1) is 7.79. The van der Waals surface area contributed by atoms with Crippen molar-refractivity contribution in [2.45, 2.75) is 33.1 Å². The van der Waals surface area contributed by atoms with Crippen molar-refractivity contribution in [2.75, 3.05) is 45.9 Å². The number of ether oxygens (including phenoxy) is 1. The summed E-state index contributed by atoms with van der Waals surface area (Å²) < 4.78 is 5.50. The normalized spacial score (nSPS) is 17.4. The Morgan fingerprint density at radius 3 is 2.62 bits per heavy atom. The molecular formula is C13H28N2O. The molecule has 1 aliphatic heterocycles. The van der Waals surface area contributed by atoms with Crippen LogP contribution in [0.4, 0.5) is 0 Å². The van der Waals surface area contributed by atoms with Crippen LogP contribution in [0.25, 0.3) is 0 Å². The number of rotatable bonds is 9. The van der Waals surface area contributed by atoms with E-state index in [1.54, 1.807) is 0 Å². The lowest BCUT2D eigenvalue weighted by molar-refractivity contribution is 0.111. The van der Waals surface area contributed by atoms with Crippen molar-refractivity contribution in [3.05, 3.63) is 0 Å². The molecule has 1 saturated heterocycles. The van der Waals surface area contributed by atoms with Crippen LogP contribution in [0.2, 0.25) is 0 Å². The van der Waals surface area contributed by atoms with Crippen molar-refractivity contribution >= 4 is 0 Å². The molecule has 1 heterocycles. The molecule has 0 atom stereocenters. The molecule has 3 nitrogen and oxygen atoms in total. The zero-order valence-corrected chi connectivity index (χ0v) is 11.0.